The molecule has 6 nitrogen and oxygen atoms in total. The van der Waals surface area contributed by atoms with Crippen molar-refractivity contribution in [3.8, 4) is 0 Å². The minimum atomic E-state index is -3.00. The van der Waals surface area contributed by atoms with E-state index >= 15 is 0 Å². The van der Waals surface area contributed by atoms with E-state index in [1.807, 2.05) is 24.3 Å². The lowest BCUT2D eigenvalue weighted by Gasteiger charge is -2.24. The number of rotatable bonds is 7. The zero-order chi connectivity index (χ0) is 20.0. The fourth-order valence-corrected chi connectivity index (χ4v) is 5.03. The number of nitrogens with one attached hydrogen (secondary N) is 2. The highest BCUT2D eigenvalue weighted by Crippen LogP contribution is 2.26. The third kappa shape index (κ3) is 8.05. The van der Waals surface area contributed by atoms with Gasteiger partial charge in [-0.3, -0.25) is 4.90 Å². The normalized spacial score (nSPS) is 21.2. The monoisotopic (exact) mass is 534 g/mol. The molecule has 2 aliphatic rings. The summed E-state index contributed by atoms with van der Waals surface area (Å²) >= 11 is 0. The molecule has 29 heavy (non-hydrogen) atoms. The van der Waals surface area contributed by atoms with E-state index < -0.39 is 9.84 Å². The molecule has 1 aromatic rings. The number of guanidine groups is 1. The second-order valence-electron chi connectivity index (χ2n) is 8.14. The van der Waals surface area contributed by atoms with Crippen molar-refractivity contribution in [2.45, 2.75) is 63.4 Å². The molecule has 2 fully saturated rings. The SMILES string of the molecule is CCNC(=NCc1ccc(CS(C)(=O)=O)cc1)NC1CCN(C2CCCC2)C1.I. The highest BCUT2D eigenvalue weighted by atomic mass is 127. The number of benzene rings is 1. The van der Waals surface area contributed by atoms with Gasteiger partial charge in [0.2, 0.25) is 0 Å². The first kappa shape index (κ1) is 24.4. The average molecular weight is 535 g/mol. The number of aliphatic imine (C=N–C) groups is 1. The molecule has 1 heterocycles. The van der Waals surface area contributed by atoms with Crippen LogP contribution in [-0.2, 0) is 22.1 Å². The quantitative estimate of drug-likeness (QED) is 0.320. The van der Waals surface area contributed by atoms with Crippen LogP contribution in [-0.4, -0.2) is 57.3 Å². The van der Waals surface area contributed by atoms with Gasteiger partial charge in [-0.15, -0.1) is 24.0 Å². The molecular weight excluding hydrogens is 499 g/mol. The maximum atomic E-state index is 11.4. The van der Waals surface area contributed by atoms with Crippen molar-refractivity contribution < 1.29 is 8.42 Å². The third-order valence-corrected chi connectivity index (χ3v) is 6.48. The molecule has 1 aromatic carbocycles. The van der Waals surface area contributed by atoms with Gasteiger partial charge in [0.1, 0.15) is 0 Å². The Hall–Kier alpha value is -0.870. The summed E-state index contributed by atoms with van der Waals surface area (Å²) in [6.07, 6.45) is 7.91. The third-order valence-electron chi connectivity index (χ3n) is 5.62. The average Bonchev–Trinajstić information content (AvgIpc) is 3.31. The lowest BCUT2D eigenvalue weighted by atomic mass is 10.1. The Morgan fingerprint density at radius 2 is 1.79 bits per heavy atom. The van der Waals surface area contributed by atoms with E-state index in [1.54, 1.807) is 0 Å². The number of hydrogen-bond acceptors (Lipinski definition) is 4. The van der Waals surface area contributed by atoms with E-state index in [-0.39, 0.29) is 29.7 Å². The first-order valence-electron chi connectivity index (χ1n) is 10.5. The lowest BCUT2D eigenvalue weighted by molar-refractivity contribution is 0.242. The van der Waals surface area contributed by atoms with Gasteiger partial charge in [-0.05, 0) is 37.3 Å². The smallest absolute Gasteiger partial charge is 0.191 e. The van der Waals surface area contributed by atoms with Gasteiger partial charge in [0.25, 0.3) is 0 Å². The predicted molar refractivity (Wildman–Crippen MR) is 131 cm³/mol. The number of sulfone groups is 1. The highest BCUT2D eigenvalue weighted by Gasteiger charge is 2.30. The molecule has 0 aromatic heterocycles. The Morgan fingerprint density at radius 1 is 1.14 bits per heavy atom. The second-order valence-corrected chi connectivity index (χ2v) is 10.3. The first-order valence-corrected chi connectivity index (χ1v) is 12.5. The first-order chi connectivity index (χ1) is 13.4. The molecule has 8 heteroatoms. The number of halogens is 1. The van der Waals surface area contributed by atoms with Gasteiger partial charge in [0, 0.05) is 38.0 Å². The van der Waals surface area contributed by atoms with Crippen molar-refractivity contribution in [3.05, 3.63) is 35.4 Å². The van der Waals surface area contributed by atoms with E-state index in [1.165, 1.54) is 44.9 Å². The van der Waals surface area contributed by atoms with Gasteiger partial charge in [-0.2, -0.15) is 0 Å². The molecule has 1 saturated heterocycles. The van der Waals surface area contributed by atoms with Gasteiger partial charge in [0.15, 0.2) is 15.8 Å². The summed E-state index contributed by atoms with van der Waals surface area (Å²) in [4.78, 5) is 7.38. The molecule has 1 atom stereocenters. The van der Waals surface area contributed by atoms with Gasteiger partial charge in [0.05, 0.1) is 12.3 Å². The topological polar surface area (TPSA) is 73.8 Å². The van der Waals surface area contributed by atoms with Crippen molar-refractivity contribution in [3.63, 3.8) is 0 Å². The van der Waals surface area contributed by atoms with Crippen LogP contribution in [0.2, 0.25) is 0 Å². The molecule has 1 aliphatic carbocycles. The van der Waals surface area contributed by atoms with Crippen LogP contribution in [0.3, 0.4) is 0 Å². The number of likely N-dealkylation sites (tertiary alicyclic amines) is 1. The van der Waals surface area contributed by atoms with Crippen LogP contribution in [0.4, 0.5) is 0 Å². The Morgan fingerprint density at radius 3 is 2.41 bits per heavy atom. The zero-order valence-corrected chi connectivity index (χ0v) is 20.7. The molecule has 0 spiro atoms. The summed E-state index contributed by atoms with van der Waals surface area (Å²) in [6, 6.07) is 8.92. The van der Waals surface area contributed by atoms with Crippen LogP contribution in [0.15, 0.2) is 29.3 Å². The summed E-state index contributed by atoms with van der Waals surface area (Å²) in [5.74, 6) is 0.945. The van der Waals surface area contributed by atoms with Crippen molar-refractivity contribution in [1.82, 2.24) is 15.5 Å². The van der Waals surface area contributed by atoms with Gasteiger partial charge in [-0.1, -0.05) is 37.1 Å². The van der Waals surface area contributed by atoms with Gasteiger partial charge < -0.3 is 10.6 Å². The fourth-order valence-electron chi connectivity index (χ4n) is 4.23. The maximum absolute atomic E-state index is 11.4. The van der Waals surface area contributed by atoms with Crippen LogP contribution >= 0.6 is 24.0 Å². The summed E-state index contributed by atoms with van der Waals surface area (Å²) in [6.45, 7) is 5.78. The summed E-state index contributed by atoms with van der Waals surface area (Å²) in [7, 11) is -3.00. The second kappa shape index (κ2) is 11.5. The number of hydrogen-bond donors (Lipinski definition) is 2. The summed E-state index contributed by atoms with van der Waals surface area (Å²) in [5.41, 5.74) is 1.90. The van der Waals surface area contributed by atoms with E-state index in [0.29, 0.717) is 12.6 Å². The Balaban J connectivity index is 0.00000300. The standard InChI is InChI=1S/C21H34N4O2S.HI/c1-3-22-21(24-19-12-13-25(15-19)20-6-4-5-7-20)23-14-17-8-10-18(11-9-17)16-28(2,26)27;/h8-11,19-20H,3-7,12-16H2,1-2H3,(H2,22,23,24);1H. The summed E-state index contributed by atoms with van der Waals surface area (Å²) in [5, 5.41) is 6.95. The zero-order valence-electron chi connectivity index (χ0n) is 17.6. The molecule has 3 rings (SSSR count). The van der Waals surface area contributed by atoms with E-state index in [9.17, 15) is 8.42 Å². The molecule has 0 bridgehead atoms. The Bertz CT molecular complexity index is 761. The van der Waals surface area contributed by atoms with Crippen LogP contribution in [0, 0.1) is 0 Å². The van der Waals surface area contributed by atoms with Crippen LogP contribution in [0.5, 0.6) is 0 Å². The predicted octanol–water partition coefficient (Wildman–Crippen LogP) is 2.92. The van der Waals surface area contributed by atoms with E-state index in [0.717, 1.165) is 36.2 Å². The van der Waals surface area contributed by atoms with Crippen LogP contribution < -0.4 is 10.6 Å². The molecule has 1 aliphatic heterocycles. The summed E-state index contributed by atoms with van der Waals surface area (Å²) < 4.78 is 22.8. The van der Waals surface area contributed by atoms with Crippen molar-refractivity contribution in [2.24, 2.45) is 4.99 Å². The largest absolute Gasteiger partial charge is 0.357 e. The molecule has 164 valence electrons. The van der Waals surface area contributed by atoms with E-state index in [2.05, 4.69) is 22.5 Å². The maximum Gasteiger partial charge on any atom is 0.191 e. The van der Waals surface area contributed by atoms with Crippen LogP contribution in [0.1, 0.15) is 50.2 Å². The Labute approximate surface area is 192 Å². The van der Waals surface area contributed by atoms with Crippen molar-refractivity contribution in [1.29, 1.82) is 0 Å². The molecule has 0 radical (unpaired) electrons. The molecule has 1 saturated carbocycles. The fraction of sp³-hybridized carbons (Fsp3) is 0.667. The van der Waals surface area contributed by atoms with Crippen LogP contribution in [0.25, 0.3) is 0 Å². The Kier molecular flexibility index (Phi) is 9.68. The highest BCUT2D eigenvalue weighted by molar-refractivity contribution is 14.0. The molecule has 0 amide bonds. The van der Waals surface area contributed by atoms with Crippen molar-refractivity contribution in [2.75, 3.05) is 25.9 Å². The minimum Gasteiger partial charge on any atom is -0.357 e. The minimum absolute atomic E-state index is 0. The van der Waals surface area contributed by atoms with Gasteiger partial charge in [-0.25, -0.2) is 13.4 Å². The lowest BCUT2D eigenvalue weighted by Crippen LogP contribution is -2.45. The van der Waals surface area contributed by atoms with Gasteiger partial charge >= 0.3 is 0 Å². The van der Waals surface area contributed by atoms with Crippen molar-refractivity contribution >= 4 is 39.8 Å². The number of nitrogens with zero attached hydrogens (tertiary/aromatic N) is 2. The van der Waals surface area contributed by atoms with E-state index in [4.69, 9.17) is 4.99 Å². The molecule has 2 N–H and O–H groups in total. The molecule has 1 unspecified atom stereocenters. The molecular formula is C21H35IN4O2S.